The fourth-order valence-electron chi connectivity index (χ4n) is 3.79. The predicted molar refractivity (Wildman–Crippen MR) is 101 cm³/mol. The molecule has 3 amide bonds. The van der Waals surface area contributed by atoms with Crippen LogP contribution in [-0.4, -0.2) is 37.0 Å². The number of hydrogen-bond donors (Lipinski definition) is 2. The number of anilines is 2. The average Bonchev–Trinajstić information content (AvgIpc) is 3.16. The normalized spacial score (nSPS) is 21.8. The van der Waals surface area contributed by atoms with Gasteiger partial charge in [-0.25, -0.2) is 4.79 Å². The van der Waals surface area contributed by atoms with E-state index in [2.05, 4.69) is 5.32 Å². The molecule has 0 radical (unpaired) electrons. The van der Waals surface area contributed by atoms with Crippen LogP contribution in [0.5, 0.6) is 0 Å². The molecule has 0 aromatic heterocycles. The Morgan fingerprint density at radius 2 is 1.88 bits per heavy atom. The smallest absolute Gasteiger partial charge is 0.324 e. The van der Waals surface area contributed by atoms with Crippen LogP contribution >= 0.6 is 0 Å². The quantitative estimate of drug-likeness (QED) is 0.893. The van der Waals surface area contributed by atoms with Crippen LogP contribution in [0.25, 0.3) is 0 Å². The fourth-order valence-corrected chi connectivity index (χ4v) is 3.79. The minimum Gasteiger partial charge on any atom is -0.326 e. The van der Waals surface area contributed by atoms with E-state index in [9.17, 15) is 9.59 Å². The summed E-state index contributed by atoms with van der Waals surface area (Å²) in [6.45, 7) is 1.35. The van der Waals surface area contributed by atoms with Gasteiger partial charge in [0.15, 0.2) is 0 Å². The summed E-state index contributed by atoms with van der Waals surface area (Å²) in [5.74, 6) is -0.308. The van der Waals surface area contributed by atoms with Crippen molar-refractivity contribution in [3.8, 4) is 0 Å². The molecule has 2 aromatic carbocycles. The van der Waals surface area contributed by atoms with Crippen LogP contribution in [0.15, 0.2) is 48.5 Å². The number of fused-ring (bicyclic) bond motifs is 1. The number of urea groups is 1. The number of carbonyl (C=O) groups excluding carboxylic acids is 2. The summed E-state index contributed by atoms with van der Waals surface area (Å²) in [7, 11) is 1.79. The van der Waals surface area contributed by atoms with Crippen LogP contribution in [0.2, 0.25) is 0 Å². The Labute approximate surface area is 152 Å². The number of nitrogens with two attached hydrogens (primary N) is 1. The van der Waals surface area contributed by atoms with Crippen molar-refractivity contribution in [2.45, 2.75) is 18.4 Å². The molecule has 0 spiro atoms. The molecule has 2 aliphatic rings. The summed E-state index contributed by atoms with van der Waals surface area (Å²) >= 11 is 0. The Bertz CT molecular complexity index is 866. The summed E-state index contributed by atoms with van der Waals surface area (Å²) < 4.78 is 0. The molecule has 1 saturated heterocycles. The summed E-state index contributed by atoms with van der Waals surface area (Å²) in [5.41, 5.74) is 9.71. The zero-order chi connectivity index (χ0) is 18.3. The summed E-state index contributed by atoms with van der Waals surface area (Å²) in [5, 5.41) is 2.99. The SMILES string of the molecule is CN1CCN(c2cccc(NC(=O)C3CC(N)c4ccccc43)c2)C1=O. The standard InChI is InChI=1S/C20H22N4O2/c1-23-9-10-24(20(23)26)14-6-4-5-13(11-14)22-19(25)17-12-18(21)16-8-3-2-7-15(16)17/h2-8,11,17-18H,9-10,12,21H2,1H3,(H,22,25). The van der Waals surface area contributed by atoms with Crippen molar-refractivity contribution in [2.75, 3.05) is 30.4 Å². The van der Waals surface area contributed by atoms with Gasteiger partial charge in [0.05, 0.1) is 5.92 Å². The number of benzene rings is 2. The first-order valence-electron chi connectivity index (χ1n) is 8.82. The number of carbonyl (C=O) groups is 2. The average molecular weight is 350 g/mol. The van der Waals surface area contributed by atoms with Crippen molar-refractivity contribution in [3.05, 3.63) is 59.7 Å². The van der Waals surface area contributed by atoms with Gasteiger partial charge in [0.1, 0.15) is 0 Å². The molecule has 6 heteroatoms. The zero-order valence-corrected chi connectivity index (χ0v) is 14.7. The largest absolute Gasteiger partial charge is 0.326 e. The van der Waals surface area contributed by atoms with Gasteiger partial charge in [-0.3, -0.25) is 9.69 Å². The van der Waals surface area contributed by atoms with Crippen molar-refractivity contribution in [2.24, 2.45) is 5.73 Å². The van der Waals surface area contributed by atoms with Crippen molar-refractivity contribution < 1.29 is 9.59 Å². The maximum absolute atomic E-state index is 12.8. The van der Waals surface area contributed by atoms with E-state index < -0.39 is 0 Å². The van der Waals surface area contributed by atoms with Gasteiger partial charge in [-0.15, -0.1) is 0 Å². The highest BCUT2D eigenvalue weighted by atomic mass is 16.2. The minimum absolute atomic E-state index is 0.0239. The molecule has 134 valence electrons. The summed E-state index contributed by atoms with van der Waals surface area (Å²) in [6.07, 6.45) is 0.611. The van der Waals surface area contributed by atoms with E-state index in [1.54, 1.807) is 16.8 Å². The van der Waals surface area contributed by atoms with E-state index in [4.69, 9.17) is 5.73 Å². The van der Waals surface area contributed by atoms with E-state index in [-0.39, 0.29) is 23.9 Å². The first-order chi connectivity index (χ1) is 12.5. The summed E-state index contributed by atoms with van der Waals surface area (Å²) in [6, 6.07) is 15.1. The Balaban J connectivity index is 1.53. The second kappa shape index (κ2) is 6.46. The van der Waals surface area contributed by atoms with Gasteiger partial charge in [0.2, 0.25) is 5.91 Å². The Morgan fingerprint density at radius 3 is 2.62 bits per heavy atom. The van der Waals surface area contributed by atoms with Gasteiger partial charge < -0.3 is 16.0 Å². The first-order valence-corrected chi connectivity index (χ1v) is 8.82. The van der Waals surface area contributed by atoms with Crippen LogP contribution in [0, 0.1) is 0 Å². The third-order valence-corrected chi connectivity index (χ3v) is 5.22. The van der Waals surface area contributed by atoms with Gasteiger partial charge >= 0.3 is 6.03 Å². The lowest BCUT2D eigenvalue weighted by molar-refractivity contribution is -0.117. The molecular formula is C20H22N4O2. The van der Waals surface area contributed by atoms with Crippen molar-refractivity contribution in [1.82, 2.24) is 4.90 Å². The number of amides is 3. The molecule has 2 unspecified atom stereocenters. The van der Waals surface area contributed by atoms with Crippen molar-refractivity contribution in [3.63, 3.8) is 0 Å². The molecule has 1 fully saturated rings. The maximum atomic E-state index is 12.8. The molecule has 26 heavy (non-hydrogen) atoms. The second-order valence-corrected chi connectivity index (χ2v) is 6.92. The van der Waals surface area contributed by atoms with E-state index in [1.165, 1.54) is 0 Å². The Morgan fingerprint density at radius 1 is 1.12 bits per heavy atom. The Hall–Kier alpha value is -2.86. The number of nitrogens with zero attached hydrogens (tertiary/aromatic N) is 2. The van der Waals surface area contributed by atoms with Crippen molar-refractivity contribution in [1.29, 1.82) is 0 Å². The van der Waals surface area contributed by atoms with Crippen molar-refractivity contribution >= 4 is 23.3 Å². The lowest BCUT2D eigenvalue weighted by atomic mass is 10.0. The van der Waals surface area contributed by atoms with Crippen LogP contribution in [0.4, 0.5) is 16.2 Å². The number of likely N-dealkylation sites (N-methyl/N-ethyl adjacent to an activating group) is 1. The second-order valence-electron chi connectivity index (χ2n) is 6.92. The van der Waals surface area contributed by atoms with E-state index >= 15 is 0 Å². The number of rotatable bonds is 3. The molecule has 0 bridgehead atoms. The molecule has 1 aliphatic heterocycles. The highest BCUT2D eigenvalue weighted by Gasteiger charge is 2.33. The predicted octanol–water partition coefficient (Wildman–Crippen LogP) is 2.68. The molecule has 1 aliphatic carbocycles. The molecular weight excluding hydrogens is 328 g/mol. The van der Waals surface area contributed by atoms with Gasteiger partial charge in [-0.1, -0.05) is 30.3 Å². The van der Waals surface area contributed by atoms with Gasteiger partial charge in [-0.05, 0) is 35.7 Å². The first kappa shape index (κ1) is 16.6. The lowest BCUT2D eigenvalue weighted by Gasteiger charge is -2.18. The molecule has 0 saturated carbocycles. The van der Waals surface area contributed by atoms with Gasteiger partial charge in [0, 0.05) is 37.6 Å². The van der Waals surface area contributed by atoms with Crippen LogP contribution in [0.1, 0.15) is 29.5 Å². The van der Waals surface area contributed by atoms with Crippen LogP contribution in [0.3, 0.4) is 0 Å². The van der Waals surface area contributed by atoms with Gasteiger partial charge in [0.25, 0.3) is 0 Å². The molecule has 1 heterocycles. The molecule has 2 atom stereocenters. The third kappa shape index (κ3) is 2.82. The minimum atomic E-state index is -0.246. The monoisotopic (exact) mass is 350 g/mol. The number of nitrogens with one attached hydrogen (secondary N) is 1. The third-order valence-electron chi connectivity index (χ3n) is 5.22. The van der Waals surface area contributed by atoms with Crippen LogP contribution < -0.4 is 16.0 Å². The molecule has 2 aromatic rings. The summed E-state index contributed by atoms with van der Waals surface area (Å²) in [4.78, 5) is 28.4. The zero-order valence-electron chi connectivity index (χ0n) is 14.7. The van der Waals surface area contributed by atoms with E-state index in [0.717, 1.165) is 16.8 Å². The van der Waals surface area contributed by atoms with Gasteiger partial charge in [-0.2, -0.15) is 0 Å². The lowest BCUT2D eigenvalue weighted by Crippen LogP contribution is -2.29. The topological polar surface area (TPSA) is 78.7 Å². The molecule has 4 rings (SSSR count). The highest BCUT2D eigenvalue weighted by Crippen LogP contribution is 2.39. The Kier molecular flexibility index (Phi) is 4.12. The van der Waals surface area contributed by atoms with Crippen LogP contribution in [-0.2, 0) is 4.79 Å². The maximum Gasteiger partial charge on any atom is 0.324 e. The molecule has 6 nitrogen and oxygen atoms in total. The highest BCUT2D eigenvalue weighted by molar-refractivity contribution is 5.98. The molecule has 3 N–H and O–H groups in total. The fraction of sp³-hybridized carbons (Fsp3) is 0.300. The van der Waals surface area contributed by atoms with E-state index in [1.807, 2.05) is 48.5 Å². The van der Waals surface area contributed by atoms with E-state index in [0.29, 0.717) is 25.2 Å². The number of hydrogen-bond acceptors (Lipinski definition) is 3.